The summed E-state index contributed by atoms with van der Waals surface area (Å²) in [6.45, 7) is 19.7. The van der Waals surface area contributed by atoms with Crippen molar-refractivity contribution >= 4 is 17.2 Å². The molecule has 252 valence electrons. The largest absolute Gasteiger partial charge is 0.478 e. The quantitative estimate of drug-likeness (QED) is 0.262. The molecule has 9 atom stereocenters. The molecule has 4 nitrogen and oxygen atoms in total. The van der Waals surface area contributed by atoms with Crippen LogP contribution in [0.15, 0.2) is 60.8 Å². The van der Waals surface area contributed by atoms with Gasteiger partial charge in [0.05, 0.1) is 5.56 Å². The Kier molecular flexibility index (Phi) is 7.47. The molecule has 5 heteroatoms. The molecule has 1 aromatic heterocycles. The number of aromatic carboxylic acids is 1. The number of halogens is 1. The van der Waals surface area contributed by atoms with Crippen LogP contribution in [0.2, 0.25) is 0 Å². The second-order valence-corrected chi connectivity index (χ2v) is 17.6. The summed E-state index contributed by atoms with van der Waals surface area (Å²) < 4.78 is 14.4. The molecule has 0 spiro atoms. The molecular formula is C42H55FN2O2. The monoisotopic (exact) mass is 638 g/mol. The first-order chi connectivity index (χ1) is 22.1. The van der Waals surface area contributed by atoms with Gasteiger partial charge in [0.15, 0.2) is 0 Å². The summed E-state index contributed by atoms with van der Waals surface area (Å²) >= 11 is 0. The average molecular weight is 639 g/mol. The third kappa shape index (κ3) is 4.42. The van der Waals surface area contributed by atoms with Crippen LogP contribution in [0.5, 0.6) is 0 Å². The Bertz CT molecular complexity index is 1630. The average Bonchev–Trinajstić information content (AvgIpc) is 3.42. The number of hydrogen-bond donors (Lipinski definition) is 1. The smallest absolute Gasteiger partial charge is 0.335 e. The zero-order valence-electron chi connectivity index (χ0n) is 29.7. The number of carboxylic acids is 1. The molecule has 5 aliphatic carbocycles. The lowest BCUT2D eigenvalue weighted by atomic mass is 9.33. The molecule has 47 heavy (non-hydrogen) atoms. The van der Waals surface area contributed by atoms with E-state index in [9.17, 15) is 14.3 Å². The molecule has 5 aliphatic rings. The number of benzene rings is 1. The number of carboxylic acid groups (broad SMARTS) is 1. The minimum atomic E-state index is -0.873. The van der Waals surface area contributed by atoms with E-state index in [1.54, 1.807) is 24.4 Å². The van der Waals surface area contributed by atoms with Crippen molar-refractivity contribution in [3.8, 4) is 0 Å². The first-order valence-corrected chi connectivity index (χ1v) is 18.2. The number of aromatic nitrogens is 1. The van der Waals surface area contributed by atoms with Crippen LogP contribution in [0.1, 0.15) is 115 Å². The summed E-state index contributed by atoms with van der Waals surface area (Å²) in [5, 5.41) is 9.47. The maximum absolute atomic E-state index is 14.4. The Labute approximate surface area is 281 Å². The third-order valence-electron chi connectivity index (χ3n) is 15.8. The maximum atomic E-state index is 14.4. The van der Waals surface area contributed by atoms with Crippen LogP contribution in [0.3, 0.4) is 0 Å². The van der Waals surface area contributed by atoms with E-state index in [2.05, 4.69) is 71.1 Å². The van der Waals surface area contributed by atoms with Crippen molar-refractivity contribution in [2.45, 2.75) is 105 Å². The van der Waals surface area contributed by atoms with Gasteiger partial charge in [-0.05, 0) is 145 Å². The van der Waals surface area contributed by atoms with E-state index in [0.717, 1.165) is 24.9 Å². The molecule has 4 saturated carbocycles. The molecular weight excluding hydrogens is 583 g/mol. The molecule has 7 rings (SSSR count). The predicted octanol–water partition coefficient (Wildman–Crippen LogP) is 10.5. The van der Waals surface area contributed by atoms with Crippen molar-refractivity contribution in [1.29, 1.82) is 0 Å². The van der Waals surface area contributed by atoms with Crippen molar-refractivity contribution in [2.24, 2.45) is 51.2 Å². The van der Waals surface area contributed by atoms with E-state index in [4.69, 9.17) is 0 Å². The van der Waals surface area contributed by atoms with Gasteiger partial charge in [0.25, 0.3) is 0 Å². The number of carbonyl (C=O) groups is 1. The van der Waals surface area contributed by atoms with Gasteiger partial charge in [-0.1, -0.05) is 65.0 Å². The van der Waals surface area contributed by atoms with Gasteiger partial charge < -0.3 is 10.0 Å². The highest BCUT2D eigenvalue weighted by Crippen LogP contribution is 2.77. The summed E-state index contributed by atoms with van der Waals surface area (Å²) in [7, 11) is 2.22. The fourth-order valence-electron chi connectivity index (χ4n) is 13.4. The predicted molar refractivity (Wildman–Crippen MR) is 189 cm³/mol. The molecule has 0 bridgehead atoms. The molecule has 1 heterocycles. The number of nitrogens with zero attached hydrogens (tertiary/aromatic N) is 2. The second kappa shape index (κ2) is 10.8. The topological polar surface area (TPSA) is 53.4 Å². The normalized spacial score (nSPS) is 40.3. The summed E-state index contributed by atoms with van der Waals surface area (Å²) in [5.74, 6) is 1.54. The van der Waals surface area contributed by atoms with E-state index in [1.807, 2.05) is 18.2 Å². The Balaban J connectivity index is 1.25. The van der Waals surface area contributed by atoms with E-state index in [0.29, 0.717) is 35.2 Å². The van der Waals surface area contributed by atoms with Gasteiger partial charge in [-0.25, -0.2) is 9.78 Å². The summed E-state index contributed by atoms with van der Waals surface area (Å²) in [5.41, 5.74) is 5.84. The summed E-state index contributed by atoms with van der Waals surface area (Å²) in [4.78, 5) is 17.9. The number of rotatable bonds is 5. The lowest BCUT2D eigenvalue weighted by Crippen LogP contribution is -2.68. The van der Waals surface area contributed by atoms with Crippen LogP contribution in [0.4, 0.5) is 10.1 Å². The van der Waals surface area contributed by atoms with Crippen LogP contribution < -0.4 is 4.90 Å². The van der Waals surface area contributed by atoms with E-state index in [1.165, 1.54) is 55.2 Å². The number of allylic oxidation sites excluding steroid dienone is 3. The molecule has 0 saturated heterocycles. The first-order valence-electron chi connectivity index (χ1n) is 18.2. The zero-order valence-corrected chi connectivity index (χ0v) is 29.7. The van der Waals surface area contributed by atoms with Gasteiger partial charge in [0.1, 0.15) is 0 Å². The lowest BCUT2D eigenvalue weighted by molar-refractivity contribution is -0.217. The Morgan fingerprint density at radius 1 is 0.936 bits per heavy atom. The van der Waals surface area contributed by atoms with Gasteiger partial charge in [0.2, 0.25) is 5.95 Å². The van der Waals surface area contributed by atoms with Crippen molar-refractivity contribution in [3.05, 3.63) is 77.9 Å². The maximum Gasteiger partial charge on any atom is 0.335 e. The molecule has 4 fully saturated rings. The number of anilines is 1. The van der Waals surface area contributed by atoms with Crippen molar-refractivity contribution in [3.63, 3.8) is 0 Å². The summed E-state index contributed by atoms with van der Waals surface area (Å²) in [6.07, 6.45) is 14.9. The van der Waals surface area contributed by atoms with Crippen LogP contribution in [-0.2, 0) is 0 Å². The van der Waals surface area contributed by atoms with Crippen molar-refractivity contribution in [1.82, 2.24) is 4.98 Å². The molecule has 0 aliphatic heterocycles. The van der Waals surface area contributed by atoms with Gasteiger partial charge in [-0.3, -0.25) is 0 Å². The van der Waals surface area contributed by atoms with Gasteiger partial charge in [-0.15, -0.1) is 0 Å². The molecule has 2 aromatic rings. The molecule has 0 amide bonds. The number of pyridine rings is 1. The SMILES string of the molecule is C=C(C)[C@@H]1CC[C@]2(N(C)c3ccnc(F)c3)CC[C@]3(C)[C@H](CC[C@@H]4[C@@]5(C)CC=C(c6ccc(C(=O)O)cc6)C(C)(C)[C@@H]5CC[C@]43C)[C@@H]12. The van der Waals surface area contributed by atoms with E-state index < -0.39 is 11.9 Å². The van der Waals surface area contributed by atoms with Crippen LogP contribution >= 0.6 is 0 Å². The van der Waals surface area contributed by atoms with Crippen LogP contribution in [0.25, 0.3) is 5.57 Å². The highest BCUT2D eigenvalue weighted by Gasteiger charge is 2.71. The van der Waals surface area contributed by atoms with Crippen molar-refractivity contribution in [2.75, 3.05) is 11.9 Å². The number of fused-ring (bicyclic) bond motifs is 7. The van der Waals surface area contributed by atoms with E-state index >= 15 is 0 Å². The lowest BCUT2D eigenvalue weighted by Gasteiger charge is -2.73. The zero-order chi connectivity index (χ0) is 33.7. The third-order valence-corrected chi connectivity index (χ3v) is 15.8. The Morgan fingerprint density at radius 2 is 1.66 bits per heavy atom. The molecule has 0 unspecified atom stereocenters. The van der Waals surface area contributed by atoms with Crippen LogP contribution in [0, 0.1) is 57.2 Å². The Morgan fingerprint density at radius 3 is 2.32 bits per heavy atom. The van der Waals surface area contributed by atoms with Gasteiger partial charge in [0, 0.05) is 30.5 Å². The van der Waals surface area contributed by atoms with Gasteiger partial charge in [-0.2, -0.15) is 4.39 Å². The number of hydrogen-bond acceptors (Lipinski definition) is 3. The minimum absolute atomic E-state index is 0.00241. The summed E-state index contributed by atoms with van der Waals surface area (Å²) in [6, 6.07) is 11.2. The Hall–Kier alpha value is -2.95. The second-order valence-electron chi connectivity index (χ2n) is 17.6. The fourth-order valence-corrected chi connectivity index (χ4v) is 13.4. The highest BCUT2D eigenvalue weighted by molar-refractivity contribution is 5.88. The molecule has 1 N–H and O–H groups in total. The van der Waals surface area contributed by atoms with Crippen molar-refractivity contribution < 1.29 is 14.3 Å². The van der Waals surface area contributed by atoms with Gasteiger partial charge >= 0.3 is 5.97 Å². The van der Waals surface area contributed by atoms with E-state index in [-0.39, 0.29) is 27.2 Å². The standard InChI is InChI=1S/C42H55FN2O2/c1-26(2)30-15-21-42(45(8)29-18-24-44-35(43)25-29)23-22-40(6)32(36(30)42)13-14-34-39(5)19-16-31(27-9-11-28(12-10-27)37(46)47)38(3,4)33(39)17-20-41(34,40)7/h9-12,16,18,24-25,30,32-34,36H,1,13-15,17,19-23H2,2-8H3,(H,46,47)/t30-,32+,33-,34+,36+,39-,40+,41+,42-/m0/s1. The van der Waals surface area contributed by atoms with Crippen LogP contribution in [-0.4, -0.2) is 28.6 Å². The minimum Gasteiger partial charge on any atom is -0.478 e. The fraction of sp³-hybridized carbons (Fsp3) is 0.619. The molecule has 0 radical (unpaired) electrons. The highest BCUT2D eigenvalue weighted by atomic mass is 19.1. The molecule has 1 aromatic carbocycles. The first kappa shape index (κ1) is 32.6.